The third kappa shape index (κ3) is 9.99. The summed E-state index contributed by atoms with van der Waals surface area (Å²) in [7, 11) is 0. The Labute approximate surface area is 240 Å². The molecular formula is C29H41N3O9. The number of fused-ring (bicyclic) bond motifs is 1. The Balaban J connectivity index is 1.26. The van der Waals surface area contributed by atoms with Crippen molar-refractivity contribution in [2.75, 3.05) is 58.2 Å². The molecule has 5 amide bonds. The van der Waals surface area contributed by atoms with Crippen LogP contribution in [0.4, 0.5) is 5.69 Å². The molecule has 0 saturated carbocycles. The third-order valence-electron chi connectivity index (χ3n) is 6.69. The van der Waals surface area contributed by atoms with Crippen molar-refractivity contribution in [2.45, 2.75) is 64.3 Å². The summed E-state index contributed by atoms with van der Waals surface area (Å²) in [6, 6.07) is 3.56. The lowest BCUT2D eigenvalue weighted by molar-refractivity contribution is -0.136. The molecule has 226 valence electrons. The normalized spacial score (nSPS) is 16.7. The van der Waals surface area contributed by atoms with Crippen LogP contribution in [0.3, 0.4) is 0 Å². The van der Waals surface area contributed by atoms with Crippen LogP contribution in [0.1, 0.15) is 79.0 Å². The van der Waals surface area contributed by atoms with Gasteiger partial charge in [-0.25, -0.2) is 0 Å². The Morgan fingerprint density at radius 3 is 2.12 bits per heavy atom. The van der Waals surface area contributed by atoms with Gasteiger partial charge in [-0.2, -0.15) is 0 Å². The van der Waals surface area contributed by atoms with Gasteiger partial charge in [-0.15, -0.1) is 0 Å². The van der Waals surface area contributed by atoms with Crippen molar-refractivity contribution < 1.29 is 42.9 Å². The zero-order valence-electron chi connectivity index (χ0n) is 23.7. The van der Waals surface area contributed by atoms with Crippen molar-refractivity contribution >= 4 is 35.2 Å². The summed E-state index contributed by atoms with van der Waals surface area (Å²) in [6.45, 7) is 6.64. The zero-order chi connectivity index (χ0) is 29.5. The molecule has 12 nitrogen and oxygen atoms in total. The van der Waals surface area contributed by atoms with Crippen molar-refractivity contribution in [2.24, 2.45) is 0 Å². The molecule has 1 aromatic rings. The molecule has 3 rings (SSSR count). The number of carbonyl (C=O) groups excluding carboxylic acids is 5. The van der Waals surface area contributed by atoms with Gasteiger partial charge in [-0.3, -0.25) is 34.2 Å². The predicted molar refractivity (Wildman–Crippen MR) is 148 cm³/mol. The van der Waals surface area contributed by atoms with E-state index in [2.05, 4.69) is 17.6 Å². The van der Waals surface area contributed by atoms with Gasteiger partial charge in [0.05, 0.1) is 56.5 Å². The van der Waals surface area contributed by atoms with Crippen molar-refractivity contribution in [3.8, 4) is 0 Å². The molecule has 2 aliphatic rings. The van der Waals surface area contributed by atoms with Gasteiger partial charge < -0.3 is 24.3 Å². The first-order valence-corrected chi connectivity index (χ1v) is 14.4. The number of anilines is 1. The number of hydrogen-bond donors (Lipinski definition) is 2. The minimum atomic E-state index is -1.06. The smallest absolute Gasteiger partial charge is 0.264 e. The molecule has 2 N–H and O–H groups in total. The van der Waals surface area contributed by atoms with Crippen LogP contribution in [0, 0.1) is 0 Å². The molecule has 0 spiro atoms. The van der Waals surface area contributed by atoms with Crippen LogP contribution in [0.5, 0.6) is 0 Å². The molecule has 0 aromatic heterocycles. The Morgan fingerprint density at radius 2 is 1.49 bits per heavy atom. The van der Waals surface area contributed by atoms with Gasteiger partial charge in [0.15, 0.2) is 0 Å². The lowest BCUT2D eigenvalue weighted by Crippen LogP contribution is -2.54. The van der Waals surface area contributed by atoms with Gasteiger partial charge in [0, 0.05) is 26.1 Å². The van der Waals surface area contributed by atoms with Gasteiger partial charge >= 0.3 is 0 Å². The second kappa shape index (κ2) is 17.6. The highest BCUT2D eigenvalue weighted by Crippen LogP contribution is 2.32. The molecule has 2 heterocycles. The van der Waals surface area contributed by atoms with E-state index in [9.17, 15) is 24.0 Å². The molecule has 0 radical (unpaired) electrons. The van der Waals surface area contributed by atoms with E-state index in [0.717, 1.165) is 37.2 Å². The summed E-state index contributed by atoms with van der Waals surface area (Å²) in [6.07, 6.45) is 4.76. The van der Waals surface area contributed by atoms with E-state index < -0.39 is 29.7 Å². The fourth-order valence-electron chi connectivity index (χ4n) is 4.51. The highest BCUT2D eigenvalue weighted by molar-refractivity contribution is 6.26. The van der Waals surface area contributed by atoms with E-state index in [1.807, 2.05) is 0 Å². The number of rotatable bonds is 20. The summed E-state index contributed by atoms with van der Waals surface area (Å²) < 4.78 is 21.9. The van der Waals surface area contributed by atoms with E-state index >= 15 is 0 Å². The van der Waals surface area contributed by atoms with Crippen LogP contribution in [0.15, 0.2) is 18.2 Å². The first-order valence-electron chi connectivity index (χ1n) is 14.4. The standard InChI is InChI=1S/C29H41N3O9/c1-2-3-13-38-15-17-40-19-20-41-18-16-39-14-6-4-5-10-24(33)30-22-9-7-8-21-26(22)29(37)32(28(21)36)23-11-12-25(34)31-27(23)35/h7-9,23H,2-6,10-20H2,1H3,(H,30,33)(H,31,34,35). The highest BCUT2D eigenvalue weighted by atomic mass is 16.6. The molecular weight excluding hydrogens is 534 g/mol. The van der Waals surface area contributed by atoms with Crippen LogP contribution in [-0.2, 0) is 33.3 Å². The number of ether oxygens (including phenoxy) is 4. The number of nitrogens with zero attached hydrogens (tertiary/aromatic N) is 1. The number of benzene rings is 1. The van der Waals surface area contributed by atoms with Gasteiger partial charge in [0.1, 0.15) is 6.04 Å². The minimum absolute atomic E-state index is 0.0392. The maximum atomic E-state index is 13.1. The Hall–Kier alpha value is -3.19. The fraction of sp³-hybridized carbons (Fsp3) is 0.621. The quantitative estimate of drug-likeness (QED) is 0.177. The Kier molecular flexibility index (Phi) is 13.9. The number of amides is 5. The molecule has 1 aromatic carbocycles. The summed E-state index contributed by atoms with van der Waals surface area (Å²) in [5.74, 6) is -2.66. The molecule has 1 unspecified atom stereocenters. The minimum Gasteiger partial charge on any atom is -0.379 e. The van der Waals surface area contributed by atoms with E-state index in [-0.39, 0.29) is 42.0 Å². The van der Waals surface area contributed by atoms with Crippen molar-refractivity contribution in [3.63, 3.8) is 0 Å². The van der Waals surface area contributed by atoms with E-state index in [1.54, 1.807) is 12.1 Å². The summed E-state index contributed by atoms with van der Waals surface area (Å²) in [5.41, 5.74) is 0.419. The van der Waals surface area contributed by atoms with Crippen LogP contribution >= 0.6 is 0 Å². The van der Waals surface area contributed by atoms with Crippen molar-refractivity contribution in [3.05, 3.63) is 29.3 Å². The topological polar surface area (TPSA) is 150 Å². The van der Waals surface area contributed by atoms with Crippen LogP contribution in [-0.4, -0.2) is 93.3 Å². The average molecular weight is 576 g/mol. The van der Waals surface area contributed by atoms with E-state index in [1.165, 1.54) is 6.07 Å². The second-order valence-electron chi connectivity index (χ2n) is 9.84. The van der Waals surface area contributed by atoms with Crippen LogP contribution in [0.25, 0.3) is 0 Å². The van der Waals surface area contributed by atoms with Crippen LogP contribution in [0.2, 0.25) is 0 Å². The summed E-state index contributed by atoms with van der Waals surface area (Å²) >= 11 is 0. The number of unbranched alkanes of at least 4 members (excludes halogenated alkanes) is 3. The van der Waals surface area contributed by atoms with Gasteiger partial charge in [0.2, 0.25) is 17.7 Å². The second-order valence-corrected chi connectivity index (χ2v) is 9.84. The SMILES string of the molecule is CCCCOCCOCCOCCOCCCCCC(=O)Nc1cccc2c1C(=O)N(C1CCC(=O)NC1=O)C2=O. The van der Waals surface area contributed by atoms with Gasteiger partial charge in [0.25, 0.3) is 11.8 Å². The maximum absolute atomic E-state index is 13.1. The number of hydrogen-bond acceptors (Lipinski definition) is 9. The Morgan fingerprint density at radius 1 is 0.854 bits per heavy atom. The first-order chi connectivity index (χ1) is 19.9. The summed E-state index contributed by atoms with van der Waals surface area (Å²) in [4.78, 5) is 63.2. The van der Waals surface area contributed by atoms with Crippen molar-refractivity contribution in [1.29, 1.82) is 0 Å². The number of nitrogens with one attached hydrogen (secondary N) is 2. The monoisotopic (exact) mass is 575 g/mol. The highest BCUT2D eigenvalue weighted by Gasteiger charge is 2.45. The molecule has 0 aliphatic carbocycles. The van der Waals surface area contributed by atoms with E-state index in [4.69, 9.17) is 18.9 Å². The maximum Gasteiger partial charge on any atom is 0.264 e. The average Bonchev–Trinajstić information content (AvgIpc) is 3.20. The molecule has 1 fully saturated rings. The molecule has 1 atom stereocenters. The first kappa shape index (κ1) is 32.3. The molecule has 41 heavy (non-hydrogen) atoms. The third-order valence-corrected chi connectivity index (χ3v) is 6.69. The fourth-order valence-corrected chi connectivity index (χ4v) is 4.51. The number of imide groups is 2. The lowest BCUT2D eigenvalue weighted by Gasteiger charge is -2.27. The lowest BCUT2D eigenvalue weighted by atomic mass is 10.0. The van der Waals surface area contributed by atoms with Crippen LogP contribution < -0.4 is 10.6 Å². The predicted octanol–water partition coefficient (Wildman–Crippen LogP) is 2.45. The Bertz CT molecular complexity index is 1060. The van der Waals surface area contributed by atoms with Gasteiger partial charge in [-0.05, 0) is 37.8 Å². The largest absolute Gasteiger partial charge is 0.379 e. The summed E-state index contributed by atoms with van der Waals surface area (Å²) in [5, 5.41) is 4.90. The van der Waals surface area contributed by atoms with E-state index in [0.29, 0.717) is 52.7 Å². The number of carbonyl (C=O) groups is 5. The molecule has 0 bridgehead atoms. The van der Waals surface area contributed by atoms with Crippen molar-refractivity contribution in [1.82, 2.24) is 10.2 Å². The number of piperidine rings is 1. The molecule has 12 heteroatoms. The molecule has 2 aliphatic heterocycles. The van der Waals surface area contributed by atoms with Gasteiger partial charge in [-0.1, -0.05) is 25.8 Å². The zero-order valence-corrected chi connectivity index (χ0v) is 23.7. The molecule has 1 saturated heterocycles.